The molecule has 0 aliphatic rings. The quantitative estimate of drug-likeness (QED) is 0.834. The zero-order chi connectivity index (χ0) is 12.3. The average Bonchev–Trinajstić information content (AvgIpc) is 2.17. The molecule has 16 heavy (non-hydrogen) atoms. The summed E-state index contributed by atoms with van der Waals surface area (Å²) in [5.74, 6) is 0. The van der Waals surface area contributed by atoms with E-state index in [4.69, 9.17) is 11.6 Å². The Kier molecular flexibility index (Phi) is 4.07. The molecular weight excluding hydrogens is 250 g/mol. The molecule has 0 bridgehead atoms. The molecule has 0 amide bonds. The Bertz CT molecular complexity index is 481. The van der Waals surface area contributed by atoms with Gasteiger partial charge < -0.3 is 0 Å². The topological polar surface area (TPSA) is 63.2 Å². The molecule has 0 unspecified atom stereocenters. The van der Waals surface area contributed by atoms with Crippen LogP contribution in [-0.2, 0) is 14.8 Å². The van der Waals surface area contributed by atoms with Gasteiger partial charge in [0.05, 0.1) is 10.9 Å². The summed E-state index contributed by atoms with van der Waals surface area (Å²) >= 11 is 5.18. The minimum absolute atomic E-state index is 0.114. The fourth-order valence-electron chi connectivity index (χ4n) is 1.06. The SMILES string of the molecule is Cc1ccc(S(=O)(=O)N[C@@H](C)C(=O)Cl)cc1. The third-order valence-electron chi connectivity index (χ3n) is 2.00. The second-order valence-corrected chi connectivity index (χ2v) is 5.55. The van der Waals surface area contributed by atoms with Crippen molar-refractivity contribution in [1.29, 1.82) is 0 Å². The molecule has 1 N–H and O–H groups in total. The van der Waals surface area contributed by atoms with Crippen LogP contribution in [0.3, 0.4) is 0 Å². The zero-order valence-electron chi connectivity index (χ0n) is 8.90. The number of carbonyl (C=O) groups excluding carboxylic acids is 1. The molecule has 0 aliphatic carbocycles. The van der Waals surface area contributed by atoms with Crippen LogP contribution in [0.4, 0.5) is 0 Å². The second kappa shape index (κ2) is 4.95. The van der Waals surface area contributed by atoms with Gasteiger partial charge in [0.1, 0.15) is 0 Å². The Morgan fingerprint density at radius 2 is 1.81 bits per heavy atom. The second-order valence-electron chi connectivity index (χ2n) is 3.46. The predicted octanol–water partition coefficient (Wildman–Crippen LogP) is 1.43. The number of hydrogen-bond donors (Lipinski definition) is 1. The smallest absolute Gasteiger partial charge is 0.241 e. The molecule has 88 valence electrons. The molecule has 0 saturated heterocycles. The summed E-state index contributed by atoms with van der Waals surface area (Å²) in [7, 11) is -3.68. The van der Waals surface area contributed by atoms with Crippen LogP contribution in [0.2, 0.25) is 0 Å². The summed E-state index contributed by atoms with van der Waals surface area (Å²) in [5, 5.41) is -0.740. The minimum Gasteiger partial charge on any atom is -0.279 e. The molecule has 0 saturated carbocycles. The highest BCUT2D eigenvalue weighted by Gasteiger charge is 2.20. The highest BCUT2D eigenvalue weighted by Crippen LogP contribution is 2.10. The number of nitrogens with one attached hydrogen (secondary N) is 1. The van der Waals surface area contributed by atoms with Crippen LogP contribution in [0.5, 0.6) is 0 Å². The Labute approximate surface area is 99.7 Å². The van der Waals surface area contributed by atoms with E-state index in [1.807, 2.05) is 6.92 Å². The molecule has 0 aliphatic heterocycles. The monoisotopic (exact) mass is 261 g/mol. The summed E-state index contributed by atoms with van der Waals surface area (Å²) in [6, 6.07) is 5.38. The summed E-state index contributed by atoms with van der Waals surface area (Å²) in [5.41, 5.74) is 0.959. The van der Waals surface area contributed by atoms with Crippen molar-refractivity contribution < 1.29 is 13.2 Å². The Hall–Kier alpha value is -0.910. The van der Waals surface area contributed by atoms with E-state index in [9.17, 15) is 13.2 Å². The molecule has 0 radical (unpaired) electrons. The summed E-state index contributed by atoms with van der Waals surface area (Å²) in [6.45, 7) is 3.25. The molecule has 6 heteroatoms. The van der Waals surface area contributed by atoms with Gasteiger partial charge in [-0.25, -0.2) is 8.42 Å². The van der Waals surface area contributed by atoms with Gasteiger partial charge in [-0.05, 0) is 37.6 Å². The number of halogens is 1. The van der Waals surface area contributed by atoms with Gasteiger partial charge >= 0.3 is 0 Å². The molecule has 4 nitrogen and oxygen atoms in total. The van der Waals surface area contributed by atoms with Crippen LogP contribution < -0.4 is 4.72 Å². The van der Waals surface area contributed by atoms with Crippen molar-refractivity contribution in [3.8, 4) is 0 Å². The van der Waals surface area contributed by atoms with E-state index in [-0.39, 0.29) is 4.90 Å². The number of sulfonamides is 1. The molecule has 1 atom stereocenters. The van der Waals surface area contributed by atoms with Crippen molar-refractivity contribution in [2.24, 2.45) is 0 Å². The normalized spacial score (nSPS) is 13.4. The Morgan fingerprint density at radius 1 is 1.31 bits per heavy atom. The maximum atomic E-state index is 11.7. The lowest BCUT2D eigenvalue weighted by molar-refractivity contribution is -0.112. The number of rotatable bonds is 4. The first-order valence-corrected chi connectivity index (χ1v) is 6.47. The summed E-state index contributed by atoms with van der Waals surface area (Å²) < 4.78 is 25.7. The van der Waals surface area contributed by atoms with Crippen molar-refractivity contribution in [3.05, 3.63) is 29.8 Å². The van der Waals surface area contributed by atoms with Crippen molar-refractivity contribution in [2.75, 3.05) is 0 Å². The van der Waals surface area contributed by atoms with Gasteiger partial charge in [0.2, 0.25) is 15.3 Å². The van der Waals surface area contributed by atoms with E-state index < -0.39 is 21.3 Å². The third kappa shape index (κ3) is 3.30. The zero-order valence-corrected chi connectivity index (χ0v) is 10.5. The highest BCUT2D eigenvalue weighted by atomic mass is 35.5. The van der Waals surface area contributed by atoms with Gasteiger partial charge in [-0.3, -0.25) is 4.79 Å². The molecule has 1 aromatic rings. The van der Waals surface area contributed by atoms with Gasteiger partial charge in [0.15, 0.2) is 0 Å². The fraction of sp³-hybridized carbons (Fsp3) is 0.300. The van der Waals surface area contributed by atoms with Crippen LogP contribution in [0.1, 0.15) is 12.5 Å². The lowest BCUT2D eigenvalue weighted by Gasteiger charge is -2.10. The van der Waals surface area contributed by atoms with Crippen molar-refractivity contribution in [1.82, 2.24) is 4.72 Å². The van der Waals surface area contributed by atoms with Crippen molar-refractivity contribution in [2.45, 2.75) is 24.8 Å². The van der Waals surface area contributed by atoms with Gasteiger partial charge in [-0.1, -0.05) is 17.7 Å². The minimum atomic E-state index is -3.68. The molecule has 0 aromatic heterocycles. The maximum Gasteiger partial charge on any atom is 0.241 e. The first-order chi connectivity index (χ1) is 7.33. The van der Waals surface area contributed by atoms with Crippen molar-refractivity contribution >= 4 is 26.9 Å². The van der Waals surface area contributed by atoms with Gasteiger partial charge in [0.25, 0.3) is 0 Å². The molecular formula is C10H12ClNO3S. The Balaban J connectivity index is 2.94. The first kappa shape index (κ1) is 13.2. The van der Waals surface area contributed by atoms with E-state index in [1.54, 1.807) is 12.1 Å². The molecule has 1 aromatic carbocycles. The molecule has 0 heterocycles. The standard InChI is InChI=1S/C10H12ClNO3S/c1-7-3-5-9(6-4-7)16(14,15)12-8(2)10(11)13/h3-6,8,12H,1-2H3/t8-/m0/s1. The molecule has 1 rings (SSSR count). The predicted molar refractivity (Wildman–Crippen MR) is 61.8 cm³/mol. The number of benzene rings is 1. The van der Waals surface area contributed by atoms with Crippen LogP contribution in [0.15, 0.2) is 29.2 Å². The van der Waals surface area contributed by atoms with Crippen LogP contribution in [0.25, 0.3) is 0 Å². The van der Waals surface area contributed by atoms with Gasteiger partial charge in [-0.2, -0.15) is 4.72 Å². The van der Waals surface area contributed by atoms with E-state index in [2.05, 4.69) is 4.72 Å². The number of aryl methyl sites for hydroxylation is 1. The van der Waals surface area contributed by atoms with E-state index in [0.717, 1.165) is 5.56 Å². The lowest BCUT2D eigenvalue weighted by Crippen LogP contribution is -2.36. The largest absolute Gasteiger partial charge is 0.279 e. The Morgan fingerprint density at radius 3 is 2.25 bits per heavy atom. The first-order valence-electron chi connectivity index (χ1n) is 4.61. The maximum absolute atomic E-state index is 11.7. The third-order valence-corrected chi connectivity index (χ3v) is 3.89. The lowest BCUT2D eigenvalue weighted by atomic mass is 10.2. The van der Waals surface area contributed by atoms with E-state index >= 15 is 0 Å². The molecule has 0 fully saturated rings. The molecule has 0 spiro atoms. The van der Waals surface area contributed by atoms with Crippen molar-refractivity contribution in [3.63, 3.8) is 0 Å². The van der Waals surface area contributed by atoms with E-state index in [0.29, 0.717) is 0 Å². The van der Waals surface area contributed by atoms with E-state index in [1.165, 1.54) is 19.1 Å². The van der Waals surface area contributed by atoms with Crippen LogP contribution >= 0.6 is 11.6 Å². The van der Waals surface area contributed by atoms with Crippen LogP contribution in [0, 0.1) is 6.92 Å². The number of hydrogen-bond acceptors (Lipinski definition) is 3. The summed E-state index contributed by atoms with van der Waals surface area (Å²) in [4.78, 5) is 10.9. The highest BCUT2D eigenvalue weighted by molar-refractivity contribution is 7.89. The fourth-order valence-corrected chi connectivity index (χ4v) is 2.39. The van der Waals surface area contributed by atoms with Gasteiger partial charge in [0, 0.05) is 0 Å². The van der Waals surface area contributed by atoms with Gasteiger partial charge in [-0.15, -0.1) is 0 Å². The van der Waals surface area contributed by atoms with Crippen LogP contribution in [-0.4, -0.2) is 19.7 Å². The average molecular weight is 262 g/mol. The number of carbonyl (C=O) groups is 1. The summed E-state index contributed by atoms with van der Waals surface area (Å²) in [6.07, 6.45) is 0.